The number of hydrogen-bond acceptors (Lipinski definition) is 5. The van der Waals surface area contributed by atoms with Crippen molar-refractivity contribution in [2.75, 3.05) is 14.2 Å². The van der Waals surface area contributed by atoms with Gasteiger partial charge >= 0.3 is 0 Å². The minimum atomic E-state index is 0.0358. The standard InChI is InChI=1S/C14H15NO4/c1-17-12-5-3-10(4-6-12)9-19-14-13(18-2)7-11(16)8-15-14/h3-8,16H,9H2,1-2H3. The van der Waals surface area contributed by atoms with Crippen LogP contribution >= 0.6 is 0 Å². The van der Waals surface area contributed by atoms with Gasteiger partial charge in [-0.25, -0.2) is 4.98 Å². The van der Waals surface area contributed by atoms with E-state index in [1.54, 1.807) is 7.11 Å². The van der Waals surface area contributed by atoms with Crippen LogP contribution in [0.5, 0.6) is 23.1 Å². The van der Waals surface area contributed by atoms with Crippen LogP contribution < -0.4 is 14.2 Å². The van der Waals surface area contributed by atoms with Crippen LogP contribution in [0, 0.1) is 0 Å². The Morgan fingerprint density at radius 2 is 1.84 bits per heavy atom. The Morgan fingerprint density at radius 3 is 2.47 bits per heavy atom. The van der Waals surface area contributed by atoms with Crippen LogP contribution in [-0.4, -0.2) is 24.3 Å². The zero-order chi connectivity index (χ0) is 13.7. The van der Waals surface area contributed by atoms with Crippen molar-refractivity contribution in [2.24, 2.45) is 0 Å². The fourth-order valence-corrected chi connectivity index (χ4v) is 1.55. The lowest BCUT2D eigenvalue weighted by molar-refractivity contribution is 0.270. The van der Waals surface area contributed by atoms with Crippen molar-refractivity contribution in [2.45, 2.75) is 6.61 Å². The Bertz CT molecular complexity index is 540. The maximum Gasteiger partial charge on any atom is 0.257 e. The summed E-state index contributed by atoms with van der Waals surface area (Å²) < 4.78 is 15.7. The molecule has 5 nitrogen and oxygen atoms in total. The van der Waals surface area contributed by atoms with Crippen LogP contribution in [0.2, 0.25) is 0 Å². The van der Waals surface area contributed by atoms with E-state index in [1.165, 1.54) is 19.4 Å². The van der Waals surface area contributed by atoms with Crippen molar-refractivity contribution < 1.29 is 19.3 Å². The molecule has 1 N–H and O–H groups in total. The molecule has 0 saturated carbocycles. The fourth-order valence-electron chi connectivity index (χ4n) is 1.55. The number of aromatic nitrogens is 1. The number of ether oxygens (including phenoxy) is 3. The van der Waals surface area contributed by atoms with Crippen molar-refractivity contribution in [3.05, 3.63) is 42.1 Å². The van der Waals surface area contributed by atoms with Crippen molar-refractivity contribution >= 4 is 0 Å². The van der Waals surface area contributed by atoms with Crippen LogP contribution in [0.15, 0.2) is 36.5 Å². The van der Waals surface area contributed by atoms with Crippen LogP contribution in [0.1, 0.15) is 5.56 Å². The summed E-state index contributed by atoms with van der Waals surface area (Å²) in [5.41, 5.74) is 0.984. The van der Waals surface area contributed by atoms with Gasteiger partial charge in [-0.2, -0.15) is 0 Å². The first-order chi connectivity index (χ1) is 9.22. The van der Waals surface area contributed by atoms with Crippen LogP contribution in [0.3, 0.4) is 0 Å². The summed E-state index contributed by atoms with van der Waals surface area (Å²) in [4.78, 5) is 3.98. The number of nitrogens with zero attached hydrogens (tertiary/aromatic N) is 1. The molecular weight excluding hydrogens is 246 g/mol. The van der Waals surface area contributed by atoms with Gasteiger partial charge in [-0.15, -0.1) is 0 Å². The Labute approximate surface area is 111 Å². The molecule has 0 spiro atoms. The molecule has 1 aromatic heterocycles. The first-order valence-corrected chi connectivity index (χ1v) is 5.71. The van der Waals surface area contributed by atoms with Crippen LogP contribution in [0.4, 0.5) is 0 Å². The topological polar surface area (TPSA) is 60.8 Å². The van der Waals surface area contributed by atoms with E-state index in [0.29, 0.717) is 18.2 Å². The van der Waals surface area contributed by atoms with Gasteiger partial charge in [0, 0.05) is 6.07 Å². The first kappa shape index (κ1) is 13.0. The van der Waals surface area contributed by atoms with Gasteiger partial charge in [0.15, 0.2) is 5.75 Å². The molecule has 19 heavy (non-hydrogen) atoms. The average Bonchev–Trinajstić information content (AvgIpc) is 2.46. The van der Waals surface area contributed by atoms with Crippen LogP contribution in [0.25, 0.3) is 0 Å². The highest BCUT2D eigenvalue weighted by atomic mass is 16.5. The molecular formula is C14H15NO4. The lowest BCUT2D eigenvalue weighted by Crippen LogP contribution is -1.99. The molecule has 2 aromatic rings. The van der Waals surface area contributed by atoms with Gasteiger partial charge in [0.25, 0.3) is 5.88 Å². The van der Waals surface area contributed by atoms with Crippen LogP contribution in [-0.2, 0) is 6.61 Å². The smallest absolute Gasteiger partial charge is 0.257 e. The SMILES string of the molecule is COc1ccc(COc2ncc(O)cc2OC)cc1. The van der Waals surface area contributed by atoms with E-state index in [4.69, 9.17) is 14.2 Å². The summed E-state index contributed by atoms with van der Waals surface area (Å²) in [5, 5.41) is 9.30. The summed E-state index contributed by atoms with van der Waals surface area (Å²) in [6.07, 6.45) is 1.31. The molecule has 0 fully saturated rings. The number of benzene rings is 1. The fraction of sp³-hybridized carbons (Fsp3) is 0.214. The number of rotatable bonds is 5. The van der Waals surface area contributed by atoms with Crippen molar-refractivity contribution in [1.29, 1.82) is 0 Å². The molecule has 0 aliphatic carbocycles. The maximum absolute atomic E-state index is 9.30. The first-order valence-electron chi connectivity index (χ1n) is 5.71. The highest BCUT2D eigenvalue weighted by molar-refractivity contribution is 5.38. The van der Waals surface area contributed by atoms with Crippen molar-refractivity contribution in [1.82, 2.24) is 4.98 Å². The van der Waals surface area contributed by atoms with E-state index in [1.807, 2.05) is 24.3 Å². The summed E-state index contributed by atoms with van der Waals surface area (Å²) in [5.74, 6) is 1.57. The Hall–Kier alpha value is -2.43. The lowest BCUT2D eigenvalue weighted by Gasteiger charge is -2.10. The van der Waals surface area contributed by atoms with Gasteiger partial charge in [0.1, 0.15) is 18.1 Å². The molecule has 0 atom stereocenters. The van der Waals surface area contributed by atoms with E-state index in [2.05, 4.69) is 4.98 Å². The summed E-state index contributed by atoms with van der Waals surface area (Å²) >= 11 is 0. The second-order valence-corrected chi connectivity index (χ2v) is 3.84. The predicted octanol–water partition coefficient (Wildman–Crippen LogP) is 2.38. The number of methoxy groups -OCH3 is 2. The van der Waals surface area contributed by atoms with Gasteiger partial charge in [-0.1, -0.05) is 12.1 Å². The summed E-state index contributed by atoms with van der Waals surface area (Å²) in [7, 11) is 3.12. The van der Waals surface area contributed by atoms with Gasteiger partial charge in [-0.05, 0) is 17.7 Å². The predicted molar refractivity (Wildman–Crippen MR) is 69.8 cm³/mol. The number of hydrogen-bond donors (Lipinski definition) is 1. The Kier molecular flexibility index (Phi) is 4.07. The minimum absolute atomic E-state index is 0.0358. The molecule has 2 rings (SSSR count). The molecule has 100 valence electrons. The molecule has 1 aromatic carbocycles. The third-order valence-corrected chi connectivity index (χ3v) is 2.56. The average molecular weight is 261 g/mol. The van der Waals surface area contributed by atoms with Gasteiger partial charge in [0.2, 0.25) is 0 Å². The van der Waals surface area contributed by atoms with E-state index in [9.17, 15) is 5.11 Å². The maximum atomic E-state index is 9.30. The summed E-state index contributed by atoms with van der Waals surface area (Å²) in [6.45, 7) is 0.359. The number of aromatic hydroxyl groups is 1. The second kappa shape index (κ2) is 5.95. The quantitative estimate of drug-likeness (QED) is 0.895. The van der Waals surface area contributed by atoms with Crippen molar-refractivity contribution in [3.8, 4) is 23.1 Å². The monoisotopic (exact) mass is 261 g/mol. The van der Waals surface area contributed by atoms with Gasteiger partial charge in [0.05, 0.1) is 20.4 Å². The van der Waals surface area contributed by atoms with E-state index in [-0.39, 0.29) is 5.75 Å². The summed E-state index contributed by atoms with van der Waals surface area (Å²) in [6, 6.07) is 8.99. The molecule has 1 heterocycles. The third kappa shape index (κ3) is 3.28. The van der Waals surface area contributed by atoms with E-state index in [0.717, 1.165) is 11.3 Å². The highest BCUT2D eigenvalue weighted by Gasteiger charge is 2.07. The minimum Gasteiger partial charge on any atom is -0.506 e. The van der Waals surface area contributed by atoms with Gasteiger partial charge < -0.3 is 19.3 Å². The van der Waals surface area contributed by atoms with Gasteiger partial charge in [-0.3, -0.25) is 0 Å². The molecule has 0 saturated heterocycles. The zero-order valence-corrected chi connectivity index (χ0v) is 10.8. The van der Waals surface area contributed by atoms with E-state index < -0.39 is 0 Å². The zero-order valence-electron chi connectivity index (χ0n) is 10.8. The third-order valence-electron chi connectivity index (χ3n) is 2.56. The second-order valence-electron chi connectivity index (χ2n) is 3.84. The van der Waals surface area contributed by atoms with E-state index >= 15 is 0 Å². The lowest BCUT2D eigenvalue weighted by atomic mass is 10.2. The Morgan fingerprint density at radius 1 is 1.11 bits per heavy atom. The largest absolute Gasteiger partial charge is 0.506 e. The highest BCUT2D eigenvalue weighted by Crippen LogP contribution is 2.28. The molecule has 0 radical (unpaired) electrons. The molecule has 0 aliphatic heterocycles. The normalized spacial score (nSPS) is 10.0. The Balaban J connectivity index is 2.05. The molecule has 5 heteroatoms. The molecule has 0 amide bonds. The number of pyridine rings is 1. The molecule has 0 unspecified atom stereocenters. The molecule has 0 aliphatic rings. The van der Waals surface area contributed by atoms with Crippen molar-refractivity contribution in [3.63, 3.8) is 0 Å². The molecule has 0 bridgehead atoms.